The van der Waals surface area contributed by atoms with Crippen molar-refractivity contribution >= 4 is 64.1 Å². The Bertz CT molecular complexity index is 1290. The number of halogens is 2. The summed E-state index contributed by atoms with van der Waals surface area (Å²) in [6.45, 7) is 0. The number of carbonyl (C=O) groups excluding carboxylic acids is 2. The summed E-state index contributed by atoms with van der Waals surface area (Å²) < 4.78 is 5.50. The maximum Gasteiger partial charge on any atom is 0.270 e. The number of carbonyl (C=O) groups is 2. The molecule has 0 bridgehead atoms. The van der Waals surface area contributed by atoms with Crippen LogP contribution in [0.4, 0.5) is 5.69 Å². The summed E-state index contributed by atoms with van der Waals surface area (Å²) in [5, 5.41) is 2.93. The van der Waals surface area contributed by atoms with Gasteiger partial charge in [-0.2, -0.15) is 0 Å². The molecule has 33 heavy (non-hydrogen) atoms. The van der Waals surface area contributed by atoms with Gasteiger partial charge in [0.1, 0.15) is 11.3 Å². The highest BCUT2D eigenvalue weighted by Gasteiger charge is 2.35. The SMILES string of the molecule is COc1ccc(/C=C2\C(=O)NC(=S)N(c3cccc(Cl)c3Cl)C2=O)cc1Cc1ccccc1. The first-order valence-electron chi connectivity index (χ1n) is 9.95. The molecule has 0 spiro atoms. The van der Waals surface area contributed by atoms with E-state index in [1.807, 2.05) is 42.5 Å². The number of hydrogen-bond donors (Lipinski definition) is 1. The molecule has 5 nitrogen and oxygen atoms in total. The van der Waals surface area contributed by atoms with Gasteiger partial charge in [0, 0.05) is 6.42 Å². The molecule has 166 valence electrons. The van der Waals surface area contributed by atoms with Gasteiger partial charge in [0.05, 0.1) is 22.8 Å². The van der Waals surface area contributed by atoms with Crippen molar-refractivity contribution in [2.45, 2.75) is 6.42 Å². The third kappa shape index (κ3) is 4.78. The predicted molar refractivity (Wildman–Crippen MR) is 135 cm³/mol. The molecule has 1 heterocycles. The average molecular weight is 497 g/mol. The van der Waals surface area contributed by atoms with Crippen LogP contribution in [0.1, 0.15) is 16.7 Å². The van der Waals surface area contributed by atoms with Gasteiger partial charge in [-0.3, -0.25) is 19.8 Å². The Morgan fingerprint density at radius 2 is 1.79 bits per heavy atom. The second-order valence-electron chi connectivity index (χ2n) is 7.26. The molecule has 8 heteroatoms. The quantitative estimate of drug-likeness (QED) is 0.291. The molecule has 0 radical (unpaired) electrons. The molecular weight excluding hydrogens is 479 g/mol. The molecule has 1 saturated heterocycles. The highest BCUT2D eigenvalue weighted by Crippen LogP contribution is 2.34. The minimum Gasteiger partial charge on any atom is -0.496 e. The van der Waals surface area contributed by atoms with Crippen LogP contribution in [-0.4, -0.2) is 24.0 Å². The van der Waals surface area contributed by atoms with Crippen molar-refractivity contribution in [3.8, 4) is 5.75 Å². The van der Waals surface area contributed by atoms with Crippen LogP contribution in [0.25, 0.3) is 6.08 Å². The molecule has 1 aliphatic rings. The Morgan fingerprint density at radius 1 is 1.03 bits per heavy atom. The van der Waals surface area contributed by atoms with Crippen LogP contribution in [0.5, 0.6) is 5.75 Å². The molecule has 4 rings (SSSR count). The number of nitrogens with one attached hydrogen (secondary N) is 1. The van der Waals surface area contributed by atoms with Gasteiger partial charge in [-0.25, -0.2) is 0 Å². The van der Waals surface area contributed by atoms with Crippen LogP contribution in [0, 0.1) is 0 Å². The third-order valence-corrected chi connectivity index (χ3v) is 6.22. The number of ether oxygens (including phenoxy) is 1. The molecule has 0 saturated carbocycles. The summed E-state index contributed by atoms with van der Waals surface area (Å²) in [6, 6.07) is 20.3. The van der Waals surface area contributed by atoms with E-state index in [0.29, 0.717) is 23.4 Å². The molecule has 1 fully saturated rings. The maximum absolute atomic E-state index is 13.3. The largest absolute Gasteiger partial charge is 0.496 e. The van der Waals surface area contributed by atoms with Crippen LogP contribution >= 0.6 is 35.4 Å². The van der Waals surface area contributed by atoms with Crippen molar-refractivity contribution in [2.75, 3.05) is 12.0 Å². The summed E-state index contributed by atoms with van der Waals surface area (Å²) in [5.74, 6) is -0.456. The van der Waals surface area contributed by atoms with Crippen LogP contribution in [0.3, 0.4) is 0 Å². The molecule has 1 N–H and O–H groups in total. The van der Waals surface area contributed by atoms with Gasteiger partial charge >= 0.3 is 0 Å². The Balaban J connectivity index is 1.72. The zero-order chi connectivity index (χ0) is 23.5. The van der Waals surface area contributed by atoms with E-state index in [1.165, 1.54) is 11.0 Å². The number of rotatable bonds is 5. The van der Waals surface area contributed by atoms with Crippen LogP contribution in [-0.2, 0) is 16.0 Å². The topological polar surface area (TPSA) is 58.6 Å². The predicted octanol–water partition coefficient (Wildman–Crippen LogP) is 5.42. The van der Waals surface area contributed by atoms with Crippen molar-refractivity contribution in [2.24, 2.45) is 0 Å². The van der Waals surface area contributed by atoms with E-state index in [1.54, 1.807) is 31.4 Å². The summed E-state index contributed by atoms with van der Waals surface area (Å²) >= 11 is 17.6. The van der Waals surface area contributed by atoms with E-state index in [4.69, 9.17) is 40.2 Å². The molecular formula is C25H18Cl2N2O3S. The van der Waals surface area contributed by atoms with Crippen LogP contribution in [0.15, 0.2) is 72.3 Å². The number of benzene rings is 3. The normalized spacial score (nSPS) is 15.1. The second kappa shape index (κ2) is 9.75. The Hall–Kier alpha value is -3.19. The van der Waals surface area contributed by atoms with Crippen molar-refractivity contribution in [3.63, 3.8) is 0 Å². The first-order chi connectivity index (χ1) is 15.9. The zero-order valence-corrected chi connectivity index (χ0v) is 19.8. The fourth-order valence-electron chi connectivity index (χ4n) is 3.55. The minimum atomic E-state index is -0.589. The van der Waals surface area contributed by atoms with Crippen molar-refractivity contribution in [1.82, 2.24) is 5.32 Å². The van der Waals surface area contributed by atoms with Gasteiger partial charge in [0.2, 0.25) is 0 Å². The molecule has 0 atom stereocenters. The van der Waals surface area contributed by atoms with Crippen molar-refractivity contribution in [3.05, 3.63) is 99.0 Å². The molecule has 2 amide bonds. The number of thiocarbonyl (C=S) groups is 1. The standard InChI is InChI=1S/C25H18Cl2N2O3S/c1-32-21-11-10-16(13-17(21)12-15-6-3-2-4-7-15)14-18-23(30)28-25(33)29(24(18)31)20-9-5-8-19(26)22(20)27/h2-11,13-14H,12H2,1H3,(H,28,30,33)/b18-14+. The lowest BCUT2D eigenvalue weighted by atomic mass is 10.00. The fourth-order valence-corrected chi connectivity index (χ4v) is 4.20. The third-order valence-electron chi connectivity index (χ3n) is 5.13. The summed E-state index contributed by atoms with van der Waals surface area (Å²) in [5.41, 5.74) is 2.93. The number of methoxy groups -OCH3 is 1. The van der Waals surface area contributed by atoms with E-state index in [2.05, 4.69) is 5.32 Å². The van der Waals surface area contributed by atoms with Gasteiger partial charge < -0.3 is 4.74 Å². The molecule has 3 aromatic rings. The van der Waals surface area contributed by atoms with E-state index < -0.39 is 11.8 Å². The van der Waals surface area contributed by atoms with Crippen molar-refractivity contribution in [1.29, 1.82) is 0 Å². The van der Waals surface area contributed by atoms with E-state index in [9.17, 15) is 9.59 Å². The number of nitrogens with zero attached hydrogens (tertiary/aromatic N) is 1. The Morgan fingerprint density at radius 3 is 2.52 bits per heavy atom. The lowest BCUT2D eigenvalue weighted by molar-refractivity contribution is -0.122. The van der Waals surface area contributed by atoms with Gasteiger partial charge in [0.15, 0.2) is 5.11 Å². The summed E-state index contributed by atoms with van der Waals surface area (Å²) in [6.07, 6.45) is 2.16. The zero-order valence-electron chi connectivity index (χ0n) is 17.5. The highest BCUT2D eigenvalue weighted by atomic mass is 35.5. The molecule has 1 aliphatic heterocycles. The lowest BCUT2D eigenvalue weighted by Crippen LogP contribution is -2.54. The Kier molecular flexibility index (Phi) is 6.79. The van der Waals surface area contributed by atoms with E-state index >= 15 is 0 Å². The monoisotopic (exact) mass is 496 g/mol. The minimum absolute atomic E-state index is 0.0641. The molecule has 0 aliphatic carbocycles. The first kappa shape index (κ1) is 23.0. The summed E-state index contributed by atoms with van der Waals surface area (Å²) in [4.78, 5) is 27.1. The second-order valence-corrected chi connectivity index (χ2v) is 8.44. The van der Waals surface area contributed by atoms with Gasteiger partial charge in [0.25, 0.3) is 11.8 Å². The van der Waals surface area contributed by atoms with E-state index in [-0.39, 0.29) is 20.7 Å². The lowest BCUT2D eigenvalue weighted by Gasteiger charge is -2.29. The first-order valence-corrected chi connectivity index (χ1v) is 11.1. The van der Waals surface area contributed by atoms with Gasteiger partial charge in [-0.05, 0) is 59.2 Å². The number of anilines is 1. The van der Waals surface area contributed by atoms with Crippen molar-refractivity contribution < 1.29 is 14.3 Å². The van der Waals surface area contributed by atoms with Crippen LogP contribution in [0.2, 0.25) is 10.0 Å². The Labute approximate surface area is 206 Å². The fraction of sp³-hybridized carbons (Fsp3) is 0.0800. The average Bonchev–Trinajstić information content (AvgIpc) is 2.80. The summed E-state index contributed by atoms with van der Waals surface area (Å²) in [7, 11) is 1.60. The number of hydrogen-bond acceptors (Lipinski definition) is 4. The highest BCUT2D eigenvalue weighted by molar-refractivity contribution is 7.80. The number of amides is 2. The van der Waals surface area contributed by atoms with Gasteiger partial charge in [-0.1, -0.05) is 65.7 Å². The molecule has 3 aromatic carbocycles. The molecule has 0 unspecified atom stereocenters. The van der Waals surface area contributed by atoms with Gasteiger partial charge in [-0.15, -0.1) is 0 Å². The molecule has 0 aromatic heterocycles. The van der Waals surface area contributed by atoms with E-state index in [0.717, 1.165) is 11.1 Å². The van der Waals surface area contributed by atoms with Crippen LogP contribution < -0.4 is 15.0 Å². The maximum atomic E-state index is 13.3. The smallest absolute Gasteiger partial charge is 0.270 e.